The average Bonchev–Trinajstić information content (AvgIpc) is 2.59. The highest BCUT2D eigenvalue weighted by atomic mass is 35.5. The number of anilines is 2. The summed E-state index contributed by atoms with van der Waals surface area (Å²) in [5.41, 5.74) is 1.30. The molecule has 1 saturated heterocycles. The zero-order valence-electron chi connectivity index (χ0n) is 12.7. The van der Waals surface area contributed by atoms with Gasteiger partial charge in [-0.1, -0.05) is 23.7 Å². The van der Waals surface area contributed by atoms with E-state index in [2.05, 4.69) is 10.2 Å². The molecule has 2 aromatic rings. The number of morpholine rings is 1. The largest absolute Gasteiger partial charge is 0.378 e. The van der Waals surface area contributed by atoms with Gasteiger partial charge in [-0.05, 0) is 24.3 Å². The molecule has 1 aliphatic rings. The summed E-state index contributed by atoms with van der Waals surface area (Å²) in [5, 5.41) is 2.57. The summed E-state index contributed by atoms with van der Waals surface area (Å²) < 4.78 is 31.9. The second-order valence-electron chi connectivity index (χ2n) is 5.32. The van der Waals surface area contributed by atoms with E-state index in [-0.39, 0.29) is 10.6 Å². The Hall–Kier alpha value is -2.18. The molecule has 0 atom stereocenters. The van der Waals surface area contributed by atoms with Crippen LogP contribution in [0.2, 0.25) is 5.02 Å². The molecule has 4 nitrogen and oxygen atoms in total. The van der Waals surface area contributed by atoms with E-state index in [0.29, 0.717) is 32.0 Å². The molecule has 1 fully saturated rings. The Kier molecular flexibility index (Phi) is 4.97. The molecule has 24 heavy (non-hydrogen) atoms. The summed E-state index contributed by atoms with van der Waals surface area (Å²) >= 11 is 5.86. The molecule has 2 aromatic carbocycles. The zero-order valence-corrected chi connectivity index (χ0v) is 13.4. The van der Waals surface area contributed by atoms with Crippen LogP contribution in [0.5, 0.6) is 0 Å². The molecule has 126 valence electrons. The molecule has 1 aliphatic heterocycles. The summed E-state index contributed by atoms with van der Waals surface area (Å²) in [5.74, 6) is -2.81. The van der Waals surface area contributed by atoms with Crippen LogP contribution in [-0.4, -0.2) is 32.2 Å². The number of ether oxygens (including phenoxy) is 1. The van der Waals surface area contributed by atoms with E-state index in [4.69, 9.17) is 16.3 Å². The van der Waals surface area contributed by atoms with Crippen molar-refractivity contribution in [3.8, 4) is 0 Å². The number of rotatable bonds is 3. The fourth-order valence-electron chi connectivity index (χ4n) is 2.55. The summed E-state index contributed by atoms with van der Waals surface area (Å²) in [7, 11) is 0. The van der Waals surface area contributed by atoms with E-state index < -0.39 is 17.5 Å². The SMILES string of the molecule is O=C(Nc1ccccc1N1CCOCC1)c1cc(F)c(F)cc1Cl. The lowest BCUT2D eigenvalue weighted by atomic mass is 10.1. The predicted molar refractivity (Wildman–Crippen MR) is 88.8 cm³/mol. The highest BCUT2D eigenvalue weighted by Gasteiger charge is 2.19. The number of hydrogen-bond acceptors (Lipinski definition) is 3. The van der Waals surface area contributed by atoms with Gasteiger partial charge in [-0.2, -0.15) is 0 Å². The van der Waals surface area contributed by atoms with Crippen LogP contribution in [0.1, 0.15) is 10.4 Å². The van der Waals surface area contributed by atoms with Crippen LogP contribution < -0.4 is 10.2 Å². The van der Waals surface area contributed by atoms with Gasteiger partial charge in [0.1, 0.15) is 0 Å². The van der Waals surface area contributed by atoms with Crippen LogP contribution in [0, 0.1) is 11.6 Å². The number of carbonyl (C=O) groups excluding carboxylic acids is 1. The molecule has 0 aliphatic carbocycles. The number of para-hydroxylation sites is 2. The summed E-state index contributed by atoms with van der Waals surface area (Å²) in [6, 6.07) is 8.87. The van der Waals surface area contributed by atoms with Crippen LogP contribution >= 0.6 is 11.6 Å². The first-order valence-electron chi connectivity index (χ1n) is 7.44. The monoisotopic (exact) mass is 352 g/mol. The molecule has 0 spiro atoms. The van der Waals surface area contributed by atoms with Crippen molar-refractivity contribution < 1.29 is 18.3 Å². The summed E-state index contributed by atoms with van der Waals surface area (Å²) in [4.78, 5) is 14.5. The number of nitrogens with zero attached hydrogens (tertiary/aromatic N) is 1. The van der Waals surface area contributed by atoms with Crippen molar-refractivity contribution in [3.63, 3.8) is 0 Å². The van der Waals surface area contributed by atoms with Crippen molar-refractivity contribution in [3.05, 3.63) is 58.6 Å². The minimum absolute atomic E-state index is 0.118. The van der Waals surface area contributed by atoms with Crippen molar-refractivity contribution in [2.75, 3.05) is 36.5 Å². The van der Waals surface area contributed by atoms with Crippen molar-refractivity contribution in [2.45, 2.75) is 0 Å². The molecule has 1 amide bonds. The lowest BCUT2D eigenvalue weighted by molar-refractivity contribution is 0.102. The number of benzene rings is 2. The van der Waals surface area contributed by atoms with E-state index in [1.165, 1.54) is 0 Å². The molecular formula is C17H15ClF2N2O2. The molecule has 1 N–H and O–H groups in total. The van der Waals surface area contributed by atoms with Gasteiger partial charge in [0.2, 0.25) is 0 Å². The molecule has 0 aromatic heterocycles. The van der Waals surface area contributed by atoms with Gasteiger partial charge in [0.05, 0.1) is 35.2 Å². The first-order valence-corrected chi connectivity index (χ1v) is 7.81. The van der Waals surface area contributed by atoms with E-state index in [1.807, 2.05) is 12.1 Å². The number of nitrogens with one attached hydrogen (secondary N) is 1. The van der Waals surface area contributed by atoms with Gasteiger partial charge < -0.3 is 15.0 Å². The van der Waals surface area contributed by atoms with Gasteiger partial charge in [0.25, 0.3) is 5.91 Å². The Morgan fingerprint density at radius 1 is 1.12 bits per heavy atom. The molecule has 0 radical (unpaired) electrons. The normalized spacial score (nSPS) is 14.5. The summed E-state index contributed by atoms with van der Waals surface area (Å²) in [6.07, 6.45) is 0. The maximum absolute atomic E-state index is 13.4. The van der Waals surface area contributed by atoms with Crippen molar-refractivity contribution in [1.29, 1.82) is 0 Å². The molecule has 0 saturated carbocycles. The fourth-order valence-corrected chi connectivity index (χ4v) is 2.78. The topological polar surface area (TPSA) is 41.6 Å². The van der Waals surface area contributed by atoms with Gasteiger partial charge in [-0.25, -0.2) is 8.78 Å². The zero-order chi connectivity index (χ0) is 17.1. The number of carbonyl (C=O) groups is 1. The van der Waals surface area contributed by atoms with E-state index in [0.717, 1.165) is 17.8 Å². The van der Waals surface area contributed by atoms with Crippen molar-refractivity contribution in [1.82, 2.24) is 0 Å². The number of hydrogen-bond donors (Lipinski definition) is 1. The maximum atomic E-state index is 13.4. The van der Waals surface area contributed by atoms with Crippen molar-refractivity contribution >= 4 is 28.9 Å². The second kappa shape index (κ2) is 7.15. The third-order valence-electron chi connectivity index (χ3n) is 3.76. The molecule has 3 rings (SSSR count). The van der Waals surface area contributed by atoms with Gasteiger partial charge >= 0.3 is 0 Å². The second-order valence-corrected chi connectivity index (χ2v) is 5.72. The summed E-state index contributed by atoms with van der Waals surface area (Å²) in [6.45, 7) is 2.63. The third-order valence-corrected chi connectivity index (χ3v) is 4.07. The lowest BCUT2D eigenvalue weighted by Gasteiger charge is -2.30. The Labute approximate surface area is 143 Å². The van der Waals surface area contributed by atoms with Crippen LogP contribution in [0.15, 0.2) is 36.4 Å². The van der Waals surface area contributed by atoms with Gasteiger partial charge in [0.15, 0.2) is 11.6 Å². The predicted octanol–water partition coefficient (Wildman–Crippen LogP) is 3.71. The average molecular weight is 353 g/mol. The molecule has 1 heterocycles. The third kappa shape index (κ3) is 3.49. The van der Waals surface area contributed by atoms with Gasteiger partial charge in [-0.15, -0.1) is 0 Å². The Balaban J connectivity index is 1.86. The molecular weight excluding hydrogens is 338 g/mol. The van der Waals surface area contributed by atoms with Crippen molar-refractivity contribution in [2.24, 2.45) is 0 Å². The van der Waals surface area contributed by atoms with E-state index in [9.17, 15) is 13.6 Å². The maximum Gasteiger partial charge on any atom is 0.257 e. The molecule has 0 unspecified atom stereocenters. The first-order chi connectivity index (χ1) is 11.6. The quantitative estimate of drug-likeness (QED) is 0.856. The number of halogens is 3. The molecule has 7 heteroatoms. The minimum Gasteiger partial charge on any atom is -0.378 e. The van der Waals surface area contributed by atoms with Gasteiger partial charge in [-0.3, -0.25) is 4.79 Å². The Bertz CT molecular complexity index is 764. The van der Waals surface area contributed by atoms with Crippen LogP contribution in [-0.2, 0) is 4.74 Å². The smallest absolute Gasteiger partial charge is 0.257 e. The van der Waals surface area contributed by atoms with Crippen LogP contribution in [0.25, 0.3) is 0 Å². The van der Waals surface area contributed by atoms with Crippen LogP contribution in [0.3, 0.4) is 0 Å². The van der Waals surface area contributed by atoms with E-state index in [1.54, 1.807) is 12.1 Å². The van der Waals surface area contributed by atoms with Crippen LogP contribution in [0.4, 0.5) is 20.2 Å². The lowest BCUT2D eigenvalue weighted by Crippen LogP contribution is -2.36. The Morgan fingerprint density at radius 3 is 2.54 bits per heavy atom. The van der Waals surface area contributed by atoms with E-state index >= 15 is 0 Å². The number of amides is 1. The fraction of sp³-hybridized carbons (Fsp3) is 0.235. The highest BCUT2D eigenvalue weighted by molar-refractivity contribution is 6.34. The van der Waals surface area contributed by atoms with Gasteiger partial charge in [0, 0.05) is 13.1 Å². The highest BCUT2D eigenvalue weighted by Crippen LogP contribution is 2.28. The molecule has 0 bridgehead atoms. The first kappa shape index (κ1) is 16.7. The Morgan fingerprint density at radius 2 is 1.79 bits per heavy atom. The minimum atomic E-state index is -1.12. The standard InChI is InChI=1S/C17H15ClF2N2O2/c18-12-10-14(20)13(19)9-11(12)17(23)21-15-3-1-2-4-16(15)22-5-7-24-8-6-22/h1-4,9-10H,5-8H2,(H,21,23).